The first kappa shape index (κ1) is 13.3. The van der Waals surface area contributed by atoms with Gasteiger partial charge in [-0.15, -0.1) is 0 Å². The molecule has 2 heterocycles. The fourth-order valence-corrected chi connectivity index (χ4v) is 2.73. The Balaban J connectivity index is 2.34. The van der Waals surface area contributed by atoms with Gasteiger partial charge in [-0.05, 0) is 26.0 Å². The second-order valence-electron chi connectivity index (χ2n) is 4.03. The molecule has 2 rings (SSSR count). The van der Waals surface area contributed by atoms with Crippen molar-refractivity contribution in [2.24, 2.45) is 0 Å². The van der Waals surface area contributed by atoms with Crippen LogP contribution in [0, 0.1) is 6.92 Å². The Morgan fingerprint density at radius 3 is 2.79 bits per heavy atom. The van der Waals surface area contributed by atoms with Crippen LogP contribution in [0.4, 0.5) is 11.5 Å². The second-order valence-corrected chi connectivity index (χ2v) is 5.68. The molecule has 0 aliphatic rings. The predicted octanol–water partition coefficient (Wildman–Crippen LogP) is 0.989. The average Bonchev–Trinajstić information content (AvgIpc) is 2.71. The van der Waals surface area contributed by atoms with E-state index in [9.17, 15) is 8.42 Å². The Bertz CT molecular complexity index is 693. The maximum atomic E-state index is 12.2. The molecule has 0 unspecified atom stereocenters. The molecule has 19 heavy (non-hydrogen) atoms. The van der Waals surface area contributed by atoms with E-state index < -0.39 is 10.0 Å². The van der Waals surface area contributed by atoms with Crippen LogP contribution in [-0.4, -0.2) is 23.2 Å². The van der Waals surface area contributed by atoms with Gasteiger partial charge in [0.25, 0.3) is 10.0 Å². The first-order chi connectivity index (χ1) is 8.92. The molecule has 8 heteroatoms. The van der Waals surface area contributed by atoms with E-state index >= 15 is 0 Å². The number of hydrogen-bond acceptors (Lipinski definition) is 5. The van der Waals surface area contributed by atoms with E-state index in [1.54, 1.807) is 19.1 Å². The molecule has 2 aromatic heterocycles. The van der Waals surface area contributed by atoms with Gasteiger partial charge in [0.05, 0.1) is 5.69 Å². The summed E-state index contributed by atoms with van der Waals surface area (Å²) in [5, 5.41) is 3.92. The van der Waals surface area contributed by atoms with E-state index in [0.717, 1.165) is 5.69 Å². The Labute approximate surface area is 111 Å². The summed E-state index contributed by atoms with van der Waals surface area (Å²) < 4.78 is 28.3. The SMILES string of the molecule is CCn1cc(S(=O)(=O)Nc2ccnc(C)c2)c(N)n1. The van der Waals surface area contributed by atoms with Crippen molar-refractivity contribution in [3.05, 3.63) is 30.2 Å². The summed E-state index contributed by atoms with van der Waals surface area (Å²) in [6, 6.07) is 3.21. The summed E-state index contributed by atoms with van der Waals surface area (Å²) in [5.41, 5.74) is 6.78. The zero-order valence-electron chi connectivity index (χ0n) is 10.7. The monoisotopic (exact) mass is 281 g/mol. The van der Waals surface area contributed by atoms with Gasteiger partial charge in [-0.1, -0.05) is 0 Å². The van der Waals surface area contributed by atoms with E-state index in [-0.39, 0.29) is 10.7 Å². The first-order valence-electron chi connectivity index (χ1n) is 5.71. The number of rotatable bonds is 4. The van der Waals surface area contributed by atoms with Crippen molar-refractivity contribution in [1.29, 1.82) is 0 Å². The minimum Gasteiger partial charge on any atom is -0.381 e. The highest BCUT2D eigenvalue weighted by Crippen LogP contribution is 2.20. The Morgan fingerprint density at radius 2 is 2.21 bits per heavy atom. The predicted molar refractivity (Wildman–Crippen MR) is 72.1 cm³/mol. The van der Waals surface area contributed by atoms with Crippen LogP contribution in [0.2, 0.25) is 0 Å². The molecule has 0 spiro atoms. The molecule has 0 radical (unpaired) electrons. The third-order valence-electron chi connectivity index (χ3n) is 2.52. The zero-order chi connectivity index (χ0) is 14.0. The summed E-state index contributed by atoms with van der Waals surface area (Å²) in [6.45, 7) is 4.18. The first-order valence-corrected chi connectivity index (χ1v) is 7.19. The maximum Gasteiger partial charge on any atom is 0.267 e. The normalized spacial score (nSPS) is 11.5. The van der Waals surface area contributed by atoms with Crippen molar-refractivity contribution in [3.8, 4) is 0 Å². The summed E-state index contributed by atoms with van der Waals surface area (Å²) >= 11 is 0. The van der Waals surface area contributed by atoms with Gasteiger partial charge >= 0.3 is 0 Å². The molecule has 0 atom stereocenters. The molecule has 0 aliphatic heterocycles. The minimum atomic E-state index is -3.74. The van der Waals surface area contributed by atoms with Crippen molar-refractivity contribution in [2.45, 2.75) is 25.3 Å². The van der Waals surface area contributed by atoms with Crippen molar-refractivity contribution < 1.29 is 8.42 Å². The zero-order valence-corrected chi connectivity index (χ0v) is 11.5. The van der Waals surface area contributed by atoms with Crippen molar-refractivity contribution in [1.82, 2.24) is 14.8 Å². The molecule has 2 aromatic rings. The van der Waals surface area contributed by atoms with Crippen LogP contribution >= 0.6 is 0 Å². The van der Waals surface area contributed by atoms with Crippen LogP contribution in [0.5, 0.6) is 0 Å². The van der Waals surface area contributed by atoms with Gasteiger partial charge in [0.2, 0.25) is 0 Å². The van der Waals surface area contributed by atoms with Gasteiger partial charge in [-0.3, -0.25) is 14.4 Å². The van der Waals surface area contributed by atoms with Gasteiger partial charge in [-0.2, -0.15) is 5.10 Å². The summed E-state index contributed by atoms with van der Waals surface area (Å²) in [4.78, 5) is 3.98. The van der Waals surface area contributed by atoms with Crippen LogP contribution in [0.25, 0.3) is 0 Å². The molecule has 0 saturated carbocycles. The van der Waals surface area contributed by atoms with E-state index in [1.165, 1.54) is 17.1 Å². The van der Waals surface area contributed by atoms with E-state index in [4.69, 9.17) is 5.73 Å². The number of aryl methyl sites for hydroxylation is 2. The van der Waals surface area contributed by atoms with Crippen LogP contribution in [-0.2, 0) is 16.6 Å². The minimum absolute atomic E-state index is 0.0138. The average molecular weight is 281 g/mol. The van der Waals surface area contributed by atoms with Gasteiger partial charge in [-0.25, -0.2) is 8.42 Å². The quantitative estimate of drug-likeness (QED) is 0.870. The molecule has 3 N–H and O–H groups in total. The Kier molecular flexibility index (Phi) is 3.43. The lowest BCUT2D eigenvalue weighted by molar-refractivity contribution is 0.600. The molecule has 0 aromatic carbocycles. The number of aromatic nitrogens is 3. The third-order valence-corrected chi connectivity index (χ3v) is 3.92. The number of nitrogens with one attached hydrogen (secondary N) is 1. The van der Waals surface area contributed by atoms with Gasteiger partial charge in [0.1, 0.15) is 4.90 Å². The molecule has 7 nitrogen and oxygen atoms in total. The Morgan fingerprint density at radius 1 is 1.47 bits per heavy atom. The van der Waals surface area contributed by atoms with E-state index in [0.29, 0.717) is 12.2 Å². The number of nitrogens with zero attached hydrogens (tertiary/aromatic N) is 3. The smallest absolute Gasteiger partial charge is 0.267 e. The number of sulfonamides is 1. The molecule has 0 aliphatic carbocycles. The molecule has 0 saturated heterocycles. The van der Waals surface area contributed by atoms with Gasteiger partial charge in [0.15, 0.2) is 5.82 Å². The standard InChI is InChI=1S/C11H15N5O2S/c1-3-16-7-10(11(12)14-16)19(17,18)15-9-4-5-13-8(2)6-9/h4-7H,3H2,1-2H3,(H2,12,14)(H,13,15). The van der Waals surface area contributed by atoms with Crippen LogP contribution in [0.15, 0.2) is 29.4 Å². The van der Waals surface area contributed by atoms with E-state index in [1.807, 2.05) is 6.92 Å². The lowest BCUT2D eigenvalue weighted by Gasteiger charge is -2.06. The third kappa shape index (κ3) is 2.84. The molecular weight excluding hydrogens is 266 g/mol. The summed E-state index contributed by atoms with van der Waals surface area (Å²) in [6.07, 6.45) is 2.94. The highest BCUT2D eigenvalue weighted by molar-refractivity contribution is 7.92. The number of nitrogens with two attached hydrogens (primary N) is 1. The van der Waals surface area contributed by atoms with Crippen molar-refractivity contribution >= 4 is 21.5 Å². The van der Waals surface area contributed by atoms with E-state index in [2.05, 4.69) is 14.8 Å². The lowest BCUT2D eigenvalue weighted by Crippen LogP contribution is -2.14. The van der Waals surface area contributed by atoms with Gasteiger partial charge in [0, 0.05) is 24.6 Å². The number of nitrogen functional groups attached to an aromatic ring is 1. The summed E-state index contributed by atoms with van der Waals surface area (Å²) in [5.74, 6) is -0.0138. The number of pyridine rings is 1. The molecule has 0 fully saturated rings. The molecule has 102 valence electrons. The number of hydrogen-bond donors (Lipinski definition) is 2. The largest absolute Gasteiger partial charge is 0.381 e. The fourth-order valence-electron chi connectivity index (χ4n) is 1.61. The second kappa shape index (κ2) is 4.88. The summed E-state index contributed by atoms with van der Waals surface area (Å²) in [7, 11) is -3.74. The highest BCUT2D eigenvalue weighted by atomic mass is 32.2. The van der Waals surface area contributed by atoms with Gasteiger partial charge < -0.3 is 5.73 Å². The van der Waals surface area contributed by atoms with Crippen molar-refractivity contribution in [3.63, 3.8) is 0 Å². The maximum absolute atomic E-state index is 12.2. The van der Waals surface area contributed by atoms with Crippen LogP contribution < -0.4 is 10.5 Å². The lowest BCUT2D eigenvalue weighted by atomic mass is 10.3. The number of anilines is 2. The van der Waals surface area contributed by atoms with Crippen molar-refractivity contribution in [2.75, 3.05) is 10.5 Å². The molecule has 0 amide bonds. The van der Waals surface area contributed by atoms with Crippen LogP contribution in [0.3, 0.4) is 0 Å². The Hall–Kier alpha value is -2.09. The molecule has 0 bridgehead atoms. The topological polar surface area (TPSA) is 103 Å². The fraction of sp³-hybridized carbons (Fsp3) is 0.273. The highest BCUT2D eigenvalue weighted by Gasteiger charge is 2.21. The van der Waals surface area contributed by atoms with Crippen LogP contribution in [0.1, 0.15) is 12.6 Å². The molecular formula is C11H15N5O2S.